The van der Waals surface area contributed by atoms with Crippen LogP contribution in [0.2, 0.25) is 0 Å². The lowest BCUT2D eigenvalue weighted by molar-refractivity contribution is -0.384. The highest BCUT2D eigenvalue weighted by atomic mass is 16.7. The van der Waals surface area contributed by atoms with Gasteiger partial charge >= 0.3 is 5.97 Å². The number of nitrogens with zero attached hydrogens (tertiary/aromatic N) is 3. The molecule has 0 aliphatic carbocycles. The van der Waals surface area contributed by atoms with Gasteiger partial charge in [0.15, 0.2) is 6.10 Å². The SMILES string of the molecule is O=C(Oc1ccc([C@@H]2[C@@H]3C(=O)N(Cc4ccccc4)C(=O)[C@H]3ON2c2ccc([N+](=O)[O-])cc2)cc1)c1ccccc1. The molecule has 6 rings (SSSR count). The number of nitro groups is 1. The van der Waals surface area contributed by atoms with Crippen LogP contribution in [0, 0.1) is 16.0 Å². The Hall–Kier alpha value is -5.35. The summed E-state index contributed by atoms with van der Waals surface area (Å²) >= 11 is 0. The first-order valence-electron chi connectivity index (χ1n) is 12.9. The largest absolute Gasteiger partial charge is 0.423 e. The number of ether oxygens (including phenoxy) is 1. The minimum atomic E-state index is -1.07. The molecule has 10 heteroatoms. The molecule has 2 heterocycles. The average molecular weight is 550 g/mol. The van der Waals surface area contributed by atoms with Crippen molar-refractivity contribution < 1.29 is 28.9 Å². The molecule has 0 spiro atoms. The Balaban J connectivity index is 1.31. The zero-order valence-electron chi connectivity index (χ0n) is 21.5. The number of carbonyl (C=O) groups excluding carboxylic acids is 3. The van der Waals surface area contributed by atoms with Crippen LogP contribution in [0.5, 0.6) is 5.75 Å². The fourth-order valence-electron chi connectivity index (χ4n) is 5.15. The average Bonchev–Trinajstić information content (AvgIpc) is 3.50. The van der Waals surface area contributed by atoms with Crippen molar-refractivity contribution >= 4 is 29.2 Å². The third kappa shape index (κ3) is 4.92. The van der Waals surface area contributed by atoms with E-state index in [9.17, 15) is 24.5 Å². The number of non-ortho nitro benzene ring substituents is 1. The maximum atomic E-state index is 13.7. The number of anilines is 1. The van der Waals surface area contributed by atoms with Gasteiger partial charge in [-0.15, -0.1) is 0 Å². The van der Waals surface area contributed by atoms with Gasteiger partial charge in [-0.2, -0.15) is 0 Å². The summed E-state index contributed by atoms with van der Waals surface area (Å²) < 4.78 is 5.50. The van der Waals surface area contributed by atoms with Gasteiger partial charge in [0.1, 0.15) is 11.7 Å². The summed E-state index contributed by atoms with van der Waals surface area (Å²) in [5, 5.41) is 12.6. The predicted molar refractivity (Wildman–Crippen MR) is 147 cm³/mol. The third-order valence-electron chi connectivity index (χ3n) is 7.15. The van der Waals surface area contributed by atoms with E-state index in [4.69, 9.17) is 9.57 Å². The second-order valence-electron chi connectivity index (χ2n) is 9.67. The monoisotopic (exact) mass is 549 g/mol. The summed E-state index contributed by atoms with van der Waals surface area (Å²) in [5.41, 5.74) is 2.20. The molecule has 2 aliphatic rings. The van der Waals surface area contributed by atoms with E-state index in [2.05, 4.69) is 0 Å². The number of hydroxylamine groups is 1. The van der Waals surface area contributed by atoms with Crippen molar-refractivity contribution in [3.05, 3.63) is 136 Å². The van der Waals surface area contributed by atoms with Crippen molar-refractivity contribution in [1.82, 2.24) is 4.90 Å². The third-order valence-corrected chi connectivity index (χ3v) is 7.15. The van der Waals surface area contributed by atoms with Gasteiger partial charge in [-0.05, 0) is 47.5 Å². The molecule has 2 saturated heterocycles. The molecule has 204 valence electrons. The number of hydrogen-bond acceptors (Lipinski definition) is 8. The highest BCUT2D eigenvalue weighted by molar-refractivity contribution is 6.07. The molecule has 2 aliphatic heterocycles. The van der Waals surface area contributed by atoms with Crippen molar-refractivity contribution in [1.29, 1.82) is 0 Å². The summed E-state index contributed by atoms with van der Waals surface area (Å²) in [5.74, 6) is -1.90. The number of likely N-dealkylation sites (tertiary alicyclic amines) is 1. The van der Waals surface area contributed by atoms with Crippen LogP contribution < -0.4 is 9.80 Å². The number of benzene rings is 4. The van der Waals surface area contributed by atoms with E-state index in [1.54, 1.807) is 54.6 Å². The molecule has 2 fully saturated rings. The highest BCUT2D eigenvalue weighted by Gasteiger charge is 2.59. The summed E-state index contributed by atoms with van der Waals surface area (Å²) in [6.45, 7) is 0.119. The molecule has 2 amide bonds. The van der Waals surface area contributed by atoms with E-state index in [0.717, 1.165) is 5.56 Å². The standard InChI is InChI=1S/C31H23N3O7/c35-29-26-27(21-11-17-25(18-12-21)40-31(37)22-9-5-2-6-10-22)33(23-13-15-24(16-14-23)34(38)39)41-28(26)30(36)32(29)19-20-7-3-1-4-8-20/h1-18,26-28H,19H2/t26-,27+,28-/m0/s1. The summed E-state index contributed by atoms with van der Waals surface area (Å²) in [4.78, 5) is 57.6. The lowest BCUT2D eigenvalue weighted by Gasteiger charge is -2.28. The first-order valence-corrected chi connectivity index (χ1v) is 12.9. The molecule has 0 radical (unpaired) electrons. The Bertz CT molecular complexity index is 1610. The van der Waals surface area contributed by atoms with Crippen LogP contribution in [0.25, 0.3) is 0 Å². The topological polar surface area (TPSA) is 119 Å². The maximum absolute atomic E-state index is 13.7. The molecular formula is C31H23N3O7. The quantitative estimate of drug-likeness (QED) is 0.105. The molecule has 0 unspecified atom stereocenters. The zero-order chi connectivity index (χ0) is 28.5. The van der Waals surface area contributed by atoms with Crippen molar-refractivity contribution in [3.63, 3.8) is 0 Å². The van der Waals surface area contributed by atoms with Crippen LogP contribution >= 0.6 is 0 Å². The molecular weight excluding hydrogens is 526 g/mol. The number of rotatable bonds is 7. The van der Waals surface area contributed by atoms with Crippen molar-refractivity contribution in [2.24, 2.45) is 5.92 Å². The van der Waals surface area contributed by atoms with Crippen LogP contribution in [0.4, 0.5) is 11.4 Å². The summed E-state index contributed by atoms with van der Waals surface area (Å²) in [7, 11) is 0. The zero-order valence-corrected chi connectivity index (χ0v) is 21.5. The molecule has 4 aromatic rings. The lowest BCUT2D eigenvalue weighted by Crippen LogP contribution is -2.36. The Kier molecular flexibility index (Phi) is 6.74. The van der Waals surface area contributed by atoms with Crippen LogP contribution in [-0.4, -0.2) is 33.7 Å². The van der Waals surface area contributed by atoms with Gasteiger partial charge < -0.3 is 4.74 Å². The number of fused-ring (bicyclic) bond motifs is 1. The number of carbonyl (C=O) groups is 3. The number of esters is 1. The van der Waals surface area contributed by atoms with E-state index in [1.807, 2.05) is 30.3 Å². The minimum Gasteiger partial charge on any atom is -0.423 e. The summed E-state index contributed by atoms with van der Waals surface area (Å²) in [6.07, 6.45) is -1.07. The lowest BCUT2D eigenvalue weighted by atomic mass is 9.90. The summed E-state index contributed by atoms with van der Waals surface area (Å²) in [6, 6.07) is 29.4. The number of imide groups is 1. The predicted octanol–water partition coefficient (Wildman–Crippen LogP) is 4.86. The second kappa shape index (κ2) is 10.7. The first kappa shape index (κ1) is 25.9. The minimum absolute atomic E-state index is 0.101. The van der Waals surface area contributed by atoms with E-state index >= 15 is 0 Å². The molecule has 0 saturated carbocycles. The van der Waals surface area contributed by atoms with Crippen molar-refractivity contribution in [2.75, 3.05) is 5.06 Å². The van der Waals surface area contributed by atoms with Gasteiger partial charge in [-0.1, -0.05) is 60.7 Å². The number of hydrogen-bond donors (Lipinski definition) is 0. The van der Waals surface area contributed by atoms with E-state index in [1.165, 1.54) is 34.2 Å². The first-order chi connectivity index (χ1) is 19.9. The van der Waals surface area contributed by atoms with Gasteiger partial charge in [0.2, 0.25) is 5.91 Å². The van der Waals surface area contributed by atoms with E-state index in [0.29, 0.717) is 22.6 Å². The fraction of sp³-hybridized carbons (Fsp3) is 0.129. The molecule has 0 N–H and O–H groups in total. The second-order valence-corrected chi connectivity index (χ2v) is 9.67. The van der Waals surface area contributed by atoms with Crippen LogP contribution in [0.15, 0.2) is 109 Å². The van der Waals surface area contributed by atoms with Gasteiger partial charge in [-0.3, -0.25) is 29.4 Å². The molecule has 3 atom stereocenters. The molecule has 0 aromatic heterocycles. The van der Waals surface area contributed by atoms with Gasteiger partial charge in [0.25, 0.3) is 11.6 Å². The van der Waals surface area contributed by atoms with Crippen molar-refractivity contribution in [3.8, 4) is 5.75 Å². The Morgan fingerprint density at radius 1 is 0.829 bits per heavy atom. The van der Waals surface area contributed by atoms with E-state index in [-0.39, 0.29) is 18.1 Å². The van der Waals surface area contributed by atoms with E-state index < -0.39 is 34.9 Å². The van der Waals surface area contributed by atoms with Crippen LogP contribution in [0.1, 0.15) is 27.5 Å². The van der Waals surface area contributed by atoms with Gasteiger partial charge in [-0.25, -0.2) is 9.86 Å². The maximum Gasteiger partial charge on any atom is 0.343 e. The van der Waals surface area contributed by atoms with Crippen molar-refractivity contribution in [2.45, 2.75) is 18.7 Å². The molecule has 10 nitrogen and oxygen atoms in total. The number of nitro benzene ring substituents is 1. The Labute approximate surface area is 234 Å². The van der Waals surface area contributed by atoms with Gasteiger partial charge in [0.05, 0.1) is 28.8 Å². The van der Waals surface area contributed by atoms with Crippen LogP contribution in [0.3, 0.4) is 0 Å². The fourth-order valence-corrected chi connectivity index (χ4v) is 5.15. The molecule has 41 heavy (non-hydrogen) atoms. The highest BCUT2D eigenvalue weighted by Crippen LogP contribution is 2.47. The molecule has 0 bridgehead atoms. The number of amides is 2. The Morgan fingerprint density at radius 3 is 2.10 bits per heavy atom. The molecule has 4 aromatic carbocycles. The normalized spacial score (nSPS) is 19.8. The Morgan fingerprint density at radius 2 is 1.46 bits per heavy atom. The van der Waals surface area contributed by atoms with Crippen LogP contribution in [-0.2, 0) is 21.0 Å². The smallest absolute Gasteiger partial charge is 0.343 e. The van der Waals surface area contributed by atoms with Gasteiger partial charge in [0, 0.05) is 12.1 Å².